The SMILES string of the molecule is COc1cccc(-n2c(C)cc([C@@H]3[C@H](c4ccccn4)NC(=S)N3CCCO)c2C)c1. The van der Waals surface area contributed by atoms with E-state index >= 15 is 0 Å². The van der Waals surface area contributed by atoms with Gasteiger partial charge in [-0.2, -0.15) is 0 Å². The van der Waals surface area contributed by atoms with Gasteiger partial charge in [0.15, 0.2) is 5.11 Å². The molecule has 6 nitrogen and oxygen atoms in total. The lowest BCUT2D eigenvalue weighted by Gasteiger charge is -2.28. The van der Waals surface area contributed by atoms with Crippen LogP contribution in [0.3, 0.4) is 0 Å². The molecule has 3 heterocycles. The quantitative estimate of drug-likeness (QED) is 0.549. The van der Waals surface area contributed by atoms with Crippen LogP contribution in [0.4, 0.5) is 0 Å². The monoisotopic (exact) mass is 436 g/mol. The normalized spacial score (nSPS) is 18.3. The average Bonchev–Trinajstić information content (AvgIpc) is 3.27. The second kappa shape index (κ2) is 9.08. The first-order chi connectivity index (χ1) is 15.0. The Hall–Kier alpha value is -2.90. The Kier molecular flexibility index (Phi) is 6.25. The molecule has 0 aliphatic carbocycles. The fraction of sp³-hybridized carbons (Fsp3) is 0.333. The predicted octanol–water partition coefficient (Wildman–Crippen LogP) is 3.85. The summed E-state index contributed by atoms with van der Waals surface area (Å²) in [5.41, 5.74) is 5.50. The second-order valence-corrected chi connectivity index (χ2v) is 8.15. The van der Waals surface area contributed by atoms with Crippen LogP contribution in [-0.4, -0.2) is 44.9 Å². The maximum atomic E-state index is 9.43. The first kappa shape index (κ1) is 21.3. The molecule has 1 aromatic carbocycles. The van der Waals surface area contributed by atoms with Crippen molar-refractivity contribution in [2.24, 2.45) is 0 Å². The number of aliphatic hydroxyl groups is 1. The number of benzene rings is 1. The molecule has 1 aliphatic rings. The largest absolute Gasteiger partial charge is 0.497 e. The maximum absolute atomic E-state index is 9.43. The number of hydrogen-bond donors (Lipinski definition) is 2. The fourth-order valence-corrected chi connectivity index (χ4v) is 4.79. The summed E-state index contributed by atoms with van der Waals surface area (Å²) < 4.78 is 7.68. The van der Waals surface area contributed by atoms with Crippen molar-refractivity contribution < 1.29 is 9.84 Å². The Morgan fingerprint density at radius 3 is 2.71 bits per heavy atom. The Morgan fingerprint density at radius 1 is 1.16 bits per heavy atom. The molecule has 0 spiro atoms. The summed E-state index contributed by atoms with van der Waals surface area (Å²) in [6, 6.07) is 16.2. The number of ether oxygens (including phenoxy) is 1. The molecule has 162 valence electrons. The minimum Gasteiger partial charge on any atom is -0.497 e. The highest BCUT2D eigenvalue weighted by Gasteiger charge is 2.41. The first-order valence-electron chi connectivity index (χ1n) is 10.5. The third-order valence-corrected chi connectivity index (χ3v) is 6.21. The lowest BCUT2D eigenvalue weighted by molar-refractivity contribution is 0.247. The standard InChI is InChI=1S/C24H28N4O2S/c1-16-14-20(17(2)28(16)18-8-6-9-19(15-18)30-3)23-22(21-10-4-5-11-25-21)26-24(31)27(23)12-7-13-29/h4-6,8-11,14-15,22-23,29H,7,12-13H2,1-3H3,(H,26,31)/t22-,23+/m0/s1. The van der Waals surface area contributed by atoms with Gasteiger partial charge in [0.2, 0.25) is 0 Å². The van der Waals surface area contributed by atoms with E-state index < -0.39 is 0 Å². The zero-order valence-electron chi connectivity index (χ0n) is 18.1. The van der Waals surface area contributed by atoms with E-state index in [1.54, 1.807) is 7.11 Å². The highest BCUT2D eigenvalue weighted by atomic mass is 32.1. The number of hydrogen-bond acceptors (Lipinski definition) is 4. The summed E-state index contributed by atoms with van der Waals surface area (Å²) in [5, 5.41) is 13.6. The van der Waals surface area contributed by atoms with E-state index in [1.165, 1.54) is 5.56 Å². The molecule has 3 aromatic rings. The molecule has 1 saturated heterocycles. The number of aryl methyl sites for hydroxylation is 1. The number of nitrogens with zero attached hydrogens (tertiary/aromatic N) is 3. The van der Waals surface area contributed by atoms with Crippen LogP contribution in [0.25, 0.3) is 5.69 Å². The third-order valence-electron chi connectivity index (χ3n) is 5.86. The van der Waals surface area contributed by atoms with Crippen molar-refractivity contribution in [2.45, 2.75) is 32.4 Å². The van der Waals surface area contributed by atoms with Crippen LogP contribution >= 0.6 is 12.2 Å². The number of aromatic nitrogens is 2. The fourth-order valence-electron chi connectivity index (χ4n) is 4.46. The van der Waals surface area contributed by atoms with Crippen LogP contribution in [0.1, 0.15) is 41.1 Å². The highest BCUT2D eigenvalue weighted by molar-refractivity contribution is 7.80. The molecular formula is C24H28N4O2S. The number of pyridine rings is 1. The van der Waals surface area contributed by atoms with Crippen molar-refractivity contribution in [1.29, 1.82) is 0 Å². The summed E-state index contributed by atoms with van der Waals surface area (Å²) in [6.45, 7) is 5.06. The molecule has 31 heavy (non-hydrogen) atoms. The average molecular weight is 437 g/mol. The second-order valence-electron chi connectivity index (χ2n) is 7.76. The highest BCUT2D eigenvalue weighted by Crippen LogP contribution is 2.41. The Morgan fingerprint density at radius 2 is 2.00 bits per heavy atom. The van der Waals surface area contributed by atoms with E-state index in [-0.39, 0.29) is 18.7 Å². The molecule has 1 aliphatic heterocycles. The molecule has 2 aromatic heterocycles. The molecule has 0 saturated carbocycles. The number of rotatable bonds is 7. The van der Waals surface area contributed by atoms with E-state index in [4.69, 9.17) is 17.0 Å². The van der Waals surface area contributed by atoms with Crippen LogP contribution < -0.4 is 10.1 Å². The van der Waals surface area contributed by atoms with Gasteiger partial charge in [0.25, 0.3) is 0 Å². The van der Waals surface area contributed by atoms with Gasteiger partial charge in [-0.3, -0.25) is 4.98 Å². The van der Waals surface area contributed by atoms with Gasteiger partial charge < -0.3 is 24.6 Å². The smallest absolute Gasteiger partial charge is 0.170 e. The van der Waals surface area contributed by atoms with E-state index in [9.17, 15) is 5.11 Å². The predicted molar refractivity (Wildman–Crippen MR) is 126 cm³/mol. The van der Waals surface area contributed by atoms with E-state index in [2.05, 4.69) is 45.7 Å². The van der Waals surface area contributed by atoms with Crippen molar-refractivity contribution in [3.63, 3.8) is 0 Å². The summed E-state index contributed by atoms with van der Waals surface area (Å²) in [4.78, 5) is 6.79. The number of methoxy groups -OCH3 is 1. The molecule has 1 fully saturated rings. The van der Waals surface area contributed by atoms with Crippen LogP contribution in [0, 0.1) is 13.8 Å². The molecule has 2 atom stereocenters. The van der Waals surface area contributed by atoms with Crippen LogP contribution in [0.15, 0.2) is 54.7 Å². The number of nitrogens with one attached hydrogen (secondary N) is 1. The van der Waals surface area contributed by atoms with Crippen molar-refractivity contribution in [1.82, 2.24) is 19.8 Å². The van der Waals surface area contributed by atoms with Crippen molar-refractivity contribution in [3.05, 3.63) is 77.4 Å². The van der Waals surface area contributed by atoms with E-state index in [0.717, 1.165) is 28.5 Å². The molecular weight excluding hydrogens is 408 g/mol. The summed E-state index contributed by atoms with van der Waals surface area (Å²) in [6.07, 6.45) is 2.47. The van der Waals surface area contributed by atoms with Gasteiger partial charge in [0.1, 0.15) is 5.75 Å². The van der Waals surface area contributed by atoms with Crippen LogP contribution in [0.2, 0.25) is 0 Å². The summed E-state index contributed by atoms with van der Waals surface area (Å²) >= 11 is 5.70. The van der Waals surface area contributed by atoms with Crippen LogP contribution in [-0.2, 0) is 0 Å². The Bertz CT molecular complexity index is 1070. The third kappa shape index (κ3) is 4.03. The number of aliphatic hydroxyl groups excluding tert-OH is 1. The van der Waals surface area contributed by atoms with Crippen molar-refractivity contribution in [2.75, 3.05) is 20.3 Å². The van der Waals surface area contributed by atoms with Gasteiger partial charge in [0, 0.05) is 42.5 Å². The maximum Gasteiger partial charge on any atom is 0.170 e. The zero-order valence-corrected chi connectivity index (χ0v) is 18.9. The molecule has 0 unspecified atom stereocenters. The van der Waals surface area contributed by atoms with Gasteiger partial charge in [-0.25, -0.2) is 0 Å². The van der Waals surface area contributed by atoms with Gasteiger partial charge in [-0.15, -0.1) is 0 Å². The topological polar surface area (TPSA) is 62.5 Å². The number of thiocarbonyl (C=S) groups is 1. The molecule has 4 rings (SSSR count). The lowest BCUT2D eigenvalue weighted by Crippen LogP contribution is -2.31. The minimum absolute atomic E-state index is 0.0143. The molecule has 0 amide bonds. The van der Waals surface area contributed by atoms with E-state index in [1.807, 2.05) is 42.6 Å². The molecule has 0 radical (unpaired) electrons. The zero-order chi connectivity index (χ0) is 22.0. The van der Waals surface area contributed by atoms with Crippen molar-refractivity contribution in [3.8, 4) is 11.4 Å². The molecule has 7 heteroatoms. The molecule has 2 N–H and O–H groups in total. The van der Waals surface area contributed by atoms with Crippen LogP contribution in [0.5, 0.6) is 5.75 Å². The van der Waals surface area contributed by atoms with Gasteiger partial charge >= 0.3 is 0 Å². The van der Waals surface area contributed by atoms with Gasteiger partial charge in [0.05, 0.1) is 24.9 Å². The van der Waals surface area contributed by atoms with Gasteiger partial charge in [-0.1, -0.05) is 12.1 Å². The Balaban J connectivity index is 1.81. The molecule has 0 bridgehead atoms. The lowest BCUT2D eigenvalue weighted by atomic mass is 9.96. The van der Waals surface area contributed by atoms with E-state index in [0.29, 0.717) is 18.1 Å². The van der Waals surface area contributed by atoms with Crippen molar-refractivity contribution >= 4 is 17.3 Å². The first-order valence-corrected chi connectivity index (χ1v) is 10.9. The Labute approximate surface area is 188 Å². The summed E-state index contributed by atoms with van der Waals surface area (Å²) in [5.74, 6) is 0.825. The summed E-state index contributed by atoms with van der Waals surface area (Å²) in [7, 11) is 1.68. The minimum atomic E-state index is -0.0633. The van der Waals surface area contributed by atoms with Gasteiger partial charge in [-0.05, 0) is 68.4 Å².